The molecule has 2 rings (SSSR count). The molecule has 1 aromatic rings. The highest BCUT2D eigenvalue weighted by atomic mass is 32.2. The maximum absolute atomic E-state index is 11.9. The number of rotatable bonds is 5. The molecule has 100 valence electrons. The Morgan fingerprint density at radius 1 is 1.61 bits per heavy atom. The minimum absolute atomic E-state index is 0.00730. The summed E-state index contributed by atoms with van der Waals surface area (Å²) >= 11 is 1.57. The first-order valence-corrected chi connectivity index (χ1v) is 7.68. The second-order valence-electron chi connectivity index (χ2n) is 5.20. The molecule has 1 aromatic heterocycles. The molecule has 0 saturated heterocycles. The van der Waals surface area contributed by atoms with E-state index in [1.165, 1.54) is 6.42 Å². The van der Waals surface area contributed by atoms with E-state index in [1.807, 2.05) is 26.3 Å². The van der Waals surface area contributed by atoms with Crippen molar-refractivity contribution in [2.45, 2.75) is 38.0 Å². The number of carbonyl (C=O) groups excluding carboxylic acids is 1. The van der Waals surface area contributed by atoms with Crippen LogP contribution < -0.4 is 0 Å². The first kappa shape index (κ1) is 13.5. The van der Waals surface area contributed by atoms with Crippen LogP contribution in [0.1, 0.15) is 37.7 Å². The van der Waals surface area contributed by atoms with Gasteiger partial charge in [0.25, 0.3) is 0 Å². The summed E-state index contributed by atoms with van der Waals surface area (Å²) in [6, 6.07) is 4.05. The zero-order chi connectivity index (χ0) is 13.3. The van der Waals surface area contributed by atoms with E-state index in [4.69, 9.17) is 4.42 Å². The van der Waals surface area contributed by atoms with Crippen molar-refractivity contribution in [3.8, 4) is 0 Å². The van der Waals surface area contributed by atoms with Crippen molar-refractivity contribution in [3.63, 3.8) is 0 Å². The standard InChI is InChI=1S/C14H21NO2S/c1-9-7-12(9)13-6-5-11(17-13)8-15(3)14(16)10(2)18-4/h5-6,9-10,12H,7-8H2,1-4H3/t9-,10-,12-/m1/s1. The lowest BCUT2D eigenvalue weighted by molar-refractivity contribution is -0.129. The average Bonchev–Trinajstić information content (AvgIpc) is 2.90. The highest BCUT2D eigenvalue weighted by molar-refractivity contribution is 7.99. The minimum atomic E-state index is 0.00730. The van der Waals surface area contributed by atoms with Crippen LogP contribution in [0.15, 0.2) is 16.5 Å². The molecule has 4 heteroatoms. The number of amides is 1. The Balaban J connectivity index is 1.92. The maximum atomic E-state index is 11.9. The van der Waals surface area contributed by atoms with Crippen LogP contribution in [-0.4, -0.2) is 29.4 Å². The molecule has 0 aromatic carbocycles. The Morgan fingerprint density at radius 3 is 2.83 bits per heavy atom. The summed E-state index contributed by atoms with van der Waals surface area (Å²) in [5.41, 5.74) is 0. The summed E-state index contributed by atoms with van der Waals surface area (Å²) in [5, 5.41) is 0.00730. The van der Waals surface area contributed by atoms with Crippen molar-refractivity contribution >= 4 is 17.7 Å². The van der Waals surface area contributed by atoms with E-state index in [0.717, 1.165) is 17.4 Å². The van der Waals surface area contributed by atoms with E-state index in [1.54, 1.807) is 16.7 Å². The van der Waals surface area contributed by atoms with Gasteiger partial charge >= 0.3 is 0 Å². The van der Waals surface area contributed by atoms with Gasteiger partial charge in [0.05, 0.1) is 11.8 Å². The summed E-state index contributed by atoms with van der Waals surface area (Å²) in [5.74, 6) is 3.47. The van der Waals surface area contributed by atoms with Gasteiger partial charge in [0, 0.05) is 13.0 Å². The third-order valence-corrected chi connectivity index (χ3v) is 4.54. The molecule has 0 spiro atoms. The van der Waals surface area contributed by atoms with Gasteiger partial charge in [-0.15, -0.1) is 0 Å². The van der Waals surface area contributed by atoms with Gasteiger partial charge in [-0.3, -0.25) is 4.79 Å². The molecular formula is C14H21NO2S. The second-order valence-corrected chi connectivity index (χ2v) is 6.37. The fourth-order valence-electron chi connectivity index (χ4n) is 2.12. The van der Waals surface area contributed by atoms with Crippen molar-refractivity contribution in [2.24, 2.45) is 5.92 Å². The third-order valence-electron chi connectivity index (χ3n) is 3.63. The van der Waals surface area contributed by atoms with E-state index < -0.39 is 0 Å². The minimum Gasteiger partial charge on any atom is -0.464 e. The van der Waals surface area contributed by atoms with E-state index in [-0.39, 0.29) is 11.2 Å². The number of furan rings is 1. The third kappa shape index (κ3) is 2.91. The largest absolute Gasteiger partial charge is 0.464 e. The lowest BCUT2D eigenvalue weighted by Gasteiger charge is -2.19. The molecule has 3 nitrogen and oxygen atoms in total. The Morgan fingerprint density at radius 2 is 2.28 bits per heavy atom. The van der Waals surface area contributed by atoms with Crippen molar-refractivity contribution in [1.82, 2.24) is 4.90 Å². The molecule has 0 aliphatic heterocycles. The van der Waals surface area contributed by atoms with Crippen LogP contribution in [0.2, 0.25) is 0 Å². The van der Waals surface area contributed by atoms with E-state index in [9.17, 15) is 4.79 Å². The van der Waals surface area contributed by atoms with Gasteiger partial charge in [-0.2, -0.15) is 11.8 Å². The van der Waals surface area contributed by atoms with Crippen LogP contribution in [0.5, 0.6) is 0 Å². The van der Waals surface area contributed by atoms with Gasteiger partial charge < -0.3 is 9.32 Å². The first-order valence-electron chi connectivity index (χ1n) is 6.39. The molecule has 0 bridgehead atoms. The smallest absolute Gasteiger partial charge is 0.235 e. The van der Waals surface area contributed by atoms with Crippen LogP contribution >= 0.6 is 11.8 Å². The number of hydrogen-bond donors (Lipinski definition) is 0. The van der Waals surface area contributed by atoms with Gasteiger partial charge in [-0.25, -0.2) is 0 Å². The van der Waals surface area contributed by atoms with Gasteiger partial charge in [-0.1, -0.05) is 6.92 Å². The molecule has 1 aliphatic rings. The molecule has 0 N–H and O–H groups in total. The van der Waals surface area contributed by atoms with Crippen molar-refractivity contribution in [3.05, 3.63) is 23.7 Å². The molecule has 0 radical (unpaired) electrons. The molecule has 1 heterocycles. The monoisotopic (exact) mass is 267 g/mol. The van der Waals surface area contributed by atoms with Crippen LogP contribution in [0.25, 0.3) is 0 Å². The molecule has 1 saturated carbocycles. The number of carbonyl (C=O) groups is 1. The topological polar surface area (TPSA) is 33.5 Å². The Bertz CT molecular complexity index is 429. The van der Waals surface area contributed by atoms with Gasteiger partial charge in [0.2, 0.25) is 5.91 Å². The molecular weight excluding hydrogens is 246 g/mol. The molecule has 0 unspecified atom stereocenters. The Hall–Kier alpha value is -0.900. The first-order chi connectivity index (χ1) is 8.52. The number of hydrogen-bond acceptors (Lipinski definition) is 3. The maximum Gasteiger partial charge on any atom is 0.235 e. The van der Waals surface area contributed by atoms with Gasteiger partial charge in [-0.05, 0) is 37.7 Å². The quantitative estimate of drug-likeness (QED) is 0.822. The molecule has 1 amide bonds. The van der Waals surface area contributed by atoms with Crippen LogP contribution in [0.4, 0.5) is 0 Å². The molecule has 3 atom stereocenters. The number of nitrogens with zero attached hydrogens (tertiary/aromatic N) is 1. The SMILES string of the molecule is CS[C@H](C)C(=O)N(C)Cc1ccc([C@@H]2C[C@H]2C)o1. The summed E-state index contributed by atoms with van der Waals surface area (Å²) in [6.07, 6.45) is 3.18. The molecule has 1 aliphatic carbocycles. The lowest BCUT2D eigenvalue weighted by atomic mass is 10.3. The van der Waals surface area contributed by atoms with Crippen LogP contribution in [0, 0.1) is 5.92 Å². The summed E-state index contributed by atoms with van der Waals surface area (Å²) in [4.78, 5) is 13.7. The van der Waals surface area contributed by atoms with Crippen LogP contribution in [0.3, 0.4) is 0 Å². The fraction of sp³-hybridized carbons (Fsp3) is 0.643. The van der Waals surface area contributed by atoms with Crippen LogP contribution in [-0.2, 0) is 11.3 Å². The number of thioether (sulfide) groups is 1. The second kappa shape index (κ2) is 5.39. The van der Waals surface area contributed by atoms with Gasteiger partial charge in [0.1, 0.15) is 11.5 Å². The highest BCUT2D eigenvalue weighted by Crippen LogP contribution is 2.47. The lowest BCUT2D eigenvalue weighted by Crippen LogP contribution is -2.32. The summed E-state index contributed by atoms with van der Waals surface area (Å²) in [6.45, 7) is 4.73. The van der Waals surface area contributed by atoms with Crippen molar-refractivity contribution < 1.29 is 9.21 Å². The molecule has 18 heavy (non-hydrogen) atoms. The van der Waals surface area contributed by atoms with E-state index in [0.29, 0.717) is 12.5 Å². The van der Waals surface area contributed by atoms with Crippen molar-refractivity contribution in [1.29, 1.82) is 0 Å². The summed E-state index contributed by atoms with van der Waals surface area (Å²) in [7, 11) is 1.83. The zero-order valence-electron chi connectivity index (χ0n) is 11.5. The zero-order valence-corrected chi connectivity index (χ0v) is 12.3. The Kier molecular flexibility index (Phi) is 4.05. The normalized spacial score (nSPS) is 23.8. The summed E-state index contributed by atoms with van der Waals surface area (Å²) < 4.78 is 5.81. The van der Waals surface area contributed by atoms with Crippen molar-refractivity contribution in [2.75, 3.05) is 13.3 Å². The predicted molar refractivity (Wildman–Crippen MR) is 74.7 cm³/mol. The van der Waals surface area contributed by atoms with E-state index >= 15 is 0 Å². The highest BCUT2D eigenvalue weighted by Gasteiger charge is 2.36. The van der Waals surface area contributed by atoms with Gasteiger partial charge in [0.15, 0.2) is 0 Å². The fourth-order valence-corrected chi connectivity index (χ4v) is 2.50. The van der Waals surface area contributed by atoms with E-state index in [2.05, 4.69) is 13.0 Å². The average molecular weight is 267 g/mol. The molecule has 1 fully saturated rings. The predicted octanol–water partition coefficient (Wildman–Crippen LogP) is 3.11. The Labute approximate surface area is 113 Å².